The van der Waals surface area contributed by atoms with Crippen LogP contribution >= 0.6 is 8.46 Å². The van der Waals surface area contributed by atoms with E-state index in [4.69, 9.17) is 0 Å². The number of para-hydroxylation sites is 1. The van der Waals surface area contributed by atoms with Crippen molar-refractivity contribution >= 4 is 19.8 Å². The van der Waals surface area contributed by atoms with Crippen molar-refractivity contribution in [3.63, 3.8) is 0 Å². The summed E-state index contributed by atoms with van der Waals surface area (Å²) in [6.45, 7) is 3.50. The third-order valence-electron chi connectivity index (χ3n) is 1.36. The number of phenolic OH excluding ortho intramolecular Hbond substituents is 1. The maximum Gasteiger partial charge on any atom is 0.196 e. The van der Waals surface area contributed by atoms with Crippen molar-refractivity contribution in [3.05, 3.63) is 30.3 Å². The lowest BCUT2D eigenvalue weighted by Gasteiger charge is -1.98. The van der Waals surface area contributed by atoms with E-state index in [1.807, 2.05) is 0 Å². The Hall–Kier alpha value is -1.14. The van der Waals surface area contributed by atoms with Crippen LogP contribution in [0, 0.1) is 0 Å². The number of hydrogen-bond donors (Lipinski definition) is 1. The maximum atomic E-state index is 10.4. The predicted octanol–water partition coefficient (Wildman–Crippen LogP) is 1.95. The standard InChI is InChI=1S/C8H7O2P/c1-2-6-4-3-5-7(11-10)8(6)9/h2-5,9H,1H2. The van der Waals surface area contributed by atoms with Gasteiger partial charge in [-0.1, -0.05) is 24.8 Å². The second-order valence-electron chi connectivity index (χ2n) is 2.01. The Labute approximate surface area is 66.4 Å². The minimum absolute atomic E-state index is 0.0409. The van der Waals surface area contributed by atoms with Crippen molar-refractivity contribution in [1.29, 1.82) is 0 Å². The molecule has 0 saturated heterocycles. The van der Waals surface area contributed by atoms with Gasteiger partial charge in [-0.05, 0) is 6.07 Å². The molecule has 0 bridgehead atoms. The lowest BCUT2D eigenvalue weighted by Crippen LogP contribution is -1.92. The topological polar surface area (TPSA) is 37.3 Å². The minimum Gasteiger partial charge on any atom is -0.506 e. The van der Waals surface area contributed by atoms with Crippen LogP contribution in [0.25, 0.3) is 6.08 Å². The summed E-state index contributed by atoms with van der Waals surface area (Å²) in [5.41, 5.74) is 0.603. The third kappa shape index (κ3) is 1.47. The summed E-state index contributed by atoms with van der Waals surface area (Å²) >= 11 is 0. The van der Waals surface area contributed by atoms with Crippen molar-refractivity contribution in [2.24, 2.45) is 0 Å². The van der Waals surface area contributed by atoms with Gasteiger partial charge in [0, 0.05) is 5.56 Å². The Morgan fingerprint density at radius 3 is 2.82 bits per heavy atom. The van der Waals surface area contributed by atoms with E-state index in [1.165, 1.54) is 6.08 Å². The highest BCUT2D eigenvalue weighted by molar-refractivity contribution is 7.34. The summed E-state index contributed by atoms with van der Waals surface area (Å²) in [6.07, 6.45) is 1.52. The molecule has 1 N–H and O–H groups in total. The SMILES string of the molecule is C=Cc1cccc(P=O)c1O. The molecule has 0 aliphatic heterocycles. The first-order valence-corrected chi connectivity index (χ1v) is 3.88. The molecule has 0 fully saturated rings. The highest BCUT2D eigenvalue weighted by Crippen LogP contribution is 2.18. The van der Waals surface area contributed by atoms with E-state index in [1.54, 1.807) is 18.2 Å². The van der Waals surface area contributed by atoms with Gasteiger partial charge in [-0.25, -0.2) is 0 Å². The van der Waals surface area contributed by atoms with Crippen LogP contribution in [0.1, 0.15) is 5.56 Å². The molecular formula is C8H7O2P. The van der Waals surface area contributed by atoms with E-state index < -0.39 is 0 Å². The van der Waals surface area contributed by atoms with Crippen LogP contribution in [0.3, 0.4) is 0 Å². The van der Waals surface area contributed by atoms with Crippen LogP contribution < -0.4 is 5.30 Å². The summed E-state index contributed by atoms with van der Waals surface area (Å²) in [4.78, 5) is 0. The Bertz CT molecular complexity index is 268. The van der Waals surface area contributed by atoms with Gasteiger partial charge in [0.1, 0.15) is 5.75 Å². The number of benzene rings is 1. The molecule has 0 aliphatic carbocycles. The van der Waals surface area contributed by atoms with Crippen LogP contribution in [-0.2, 0) is 4.57 Å². The molecule has 0 aromatic heterocycles. The minimum atomic E-state index is -0.171. The first-order chi connectivity index (χ1) is 5.29. The van der Waals surface area contributed by atoms with Crippen molar-refractivity contribution in [2.75, 3.05) is 0 Å². The van der Waals surface area contributed by atoms with Gasteiger partial charge in [-0.2, -0.15) is 0 Å². The van der Waals surface area contributed by atoms with Gasteiger partial charge in [0.2, 0.25) is 0 Å². The first kappa shape index (κ1) is 7.96. The van der Waals surface area contributed by atoms with Crippen molar-refractivity contribution in [3.8, 4) is 5.75 Å². The van der Waals surface area contributed by atoms with E-state index in [9.17, 15) is 9.67 Å². The third-order valence-corrected chi connectivity index (χ3v) is 1.92. The smallest absolute Gasteiger partial charge is 0.196 e. The molecule has 0 radical (unpaired) electrons. The van der Waals surface area contributed by atoms with Crippen LogP contribution in [0.5, 0.6) is 5.75 Å². The summed E-state index contributed by atoms with van der Waals surface area (Å²) in [7, 11) is -0.171. The lowest BCUT2D eigenvalue weighted by atomic mass is 10.2. The molecule has 0 atom stereocenters. The average molecular weight is 166 g/mol. The number of hydrogen-bond acceptors (Lipinski definition) is 2. The molecule has 0 unspecified atom stereocenters. The van der Waals surface area contributed by atoms with Crippen molar-refractivity contribution < 1.29 is 9.67 Å². The second kappa shape index (κ2) is 3.31. The van der Waals surface area contributed by atoms with Crippen LogP contribution in [0.4, 0.5) is 0 Å². The fourth-order valence-electron chi connectivity index (χ4n) is 0.787. The van der Waals surface area contributed by atoms with Crippen molar-refractivity contribution in [1.82, 2.24) is 0 Å². The molecule has 0 spiro atoms. The van der Waals surface area contributed by atoms with Crippen LogP contribution in [-0.4, -0.2) is 5.11 Å². The molecule has 3 heteroatoms. The maximum absolute atomic E-state index is 10.4. The zero-order chi connectivity index (χ0) is 8.27. The molecule has 1 aromatic rings. The summed E-state index contributed by atoms with van der Waals surface area (Å²) in [6, 6.07) is 5.02. The quantitative estimate of drug-likeness (QED) is 0.682. The van der Waals surface area contributed by atoms with Crippen LogP contribution in [0.15, 0.2) is 24.8 Å². The molecule has 56 valence electrons. The fraction of sp³-hybridized carbons (Fsp3) is 0. The lowest BCUT2D eigenvalue weighted by molar-refractivity contribution is 0.478. The van der Waals surface area contributed by atoms with Crippen LogP contribution in [0.2, 0.25) is 0 Å². The largest absolute Gasteiger partial charge is 0.506 e. The first-order valence-electron chi connectivity index (χ1n) is 3.07. The van der Waals surface area contributed by atoms with Gasteiger partial charge in [0.05, 0.1) is 5.30 Å². The number of aromatic hydroxyl groups is 1. The zero-order valence-corrected chi connectivity index (χ0v) is 6.71. The van der Waals surface area contributed by atoms with E-state index in [2.05, 4.69) is 6.58 Å². The summed E-state index contributed by atoms with van der Waals surface area (Å²) in [5.74, 6) is 0.0409. The Morgan fingerprint density at radius 2 is 2.27 bits per heavy atom. The van der Waals surface area contributed by atoms with Gasteiger partial charge in [-0.3, -0.25) is 4.57 Å². The van der Waals surface area contributed by atoms with Gasteiger partial charge < -0.3 is 5.11 Å². The molecule has 0 heterocycles. The van der Waals surface area contributed by atoms with Gasteiger partial charge in [-0.15, -0.1) is 0 Å². The summed E-state index contributed by atoms with van der Waals surface area (Å²) < 4.78 is 10.4. The average Bonchev–Trinajstić information content (AvgIpc) is 2.05. The van der Waals surface area contributed by atoms with Gasteiger partial charge in [0.25, 0.3) is 0 Å². The fourth-order valence-corrected chi connectivity index (χ4v) is 1.15. The monoisotopic (exact) mass is 166 g/mol. The van der Waals surface area contributed by atoms with E-state index in [-0.39, 0.29) is 14.2 Å². The summed E-state index contributed by atoms with van der Waals surface area (Å²) in [5, 5.41) is 9.70. The molecule has 11 heavy (non-hydrogen) atoms. The molecule has 0 aliphatic rings. The molecule has 0 saturated carbocycles. The molecular weight excluding hydrogens is 159 g/mol. The molecule has 1 rings (SSSR count). The Morgan fingerprint density at radius 1 is 1.55 bits per heavy atom. The normalized spacial score (nSPS) is 9.82. The van der Waals surface area contributed by atoms with E-state index >= 15 is 0 Å². The van der Waals surface area contributed by atoms with Gasteiger partial charge in [0.15, 0.2) is 8.46 Å². The molecule has 2 nitrogen and oxygen atoms in total. The Kier molecular flexibility index (Phi) is 2.40. The molecule has 1 aromatic carbocycles. The molecule has 0 amide bonds. The second-order valence-corrected chi connectivity index (χ2v) is 2.67. The number of phenols is 1. The number of rotatable bonds is 2. The Balaban J connectivity index is 3.30. The predicted molar refractivity (Wildman–Crippen MR) is 45.4 cm³/mol. The van der Waals surface area contributed by atoms with Crippen molar-refractivity contribution in [2.45, 2.75) is 0 Å². The van der Waals surface area contributed by atoms with E-state index in [0.29, 0.717) is 10.9 Å². The van der Waals surface area contributed by atoms with E-state index in [0.717, 1.165) is 0 Å². The zero-order valence-electron chi connectivity index (χ0n) is 5.82. The highest BCUT2D eigenvalue weighted by atomic mass is 31.1. The highest BCUT2D eigenvalue weighted by Gasteiger charge is 2.02. The van der Waals surface area contributed by atoms with Gasteiger partial charge >= 0.3 is 0 Å².